The molecule has 4 rings (SSSR count). The second-order valence-electron chi connectivity index (χ2n) is 6.04. The van der Waals surface area contributed by atoms with E-state index >= 15 is 0 Å². The van der Waals surface area contributed by atoms with Crippen LogP contribution in [0.4, 0.5) is 0 Å². The van der Waals surface area contributed by atoms with Crippen LogP contribution in [0.2, 0.25) is 0 Å². The second-order valence-corrected chi connectivity index (χ2v) is 7.12. The van der Waals surface area contributed by atoms with Crippen LogP contribution in [0, 0.1) is 0 Å². The molecular formula is C20H17NOS. The summed E-state index contributed by atoms with van der Waals surface area (Å²) in [4.78, 5) is 14.4. The van der Waals surface area contributed by atoms with Crippen molar-refractivity contribution in [1.29, 1.82) is 0 Å². The van der Waals surface area contributed by atoms with Crippen LogP contribution >= 0.6 is 11.8 Å². The predicted octanol–water partition coefficient (Wildman–Crippen LogP) is 5.55. The van der Waals surface area contributed by atoms with E-state index in [1.807, 2.05) is 36.4 Å². The minimum absolute atomic E-state index is 0.131. The zero-order chi connectivity index (χ0) is 16.0. The molecular weight excluding hydrogens is 302 g/mol. The molecule has 2 heterocycles. The SMILES string of the molecule is CC(C)n1cc(/C=C2\Sc3ccccc3C2=O)c2ccccc21. The molecule has 0 aliphatic carbocycles. The summed E-state index contributed by atoms with van der Waals surface area (Å²) >= 11 is 1.57. The van der Waals surface area contributed by atoms with E-state index in [2.05, 4.69) is 42.8 Å². The van der Waals surface area contributed by atoms with Crippen molar-refractivity contribution >= 4 is 34.5 Å². The van der Waals surface area contributed by atoms with Crippen molar-refractivity contribution in [2.24, 2.45) is 0 Å². The molecule has 0 unspecified atom stereocenters. The van der Waals surface area contributed by atoms with Gasteiger partial charge in [0.05, 0.1) is 4.91 Å². The first-order valence-corrected chi connectivity index (χ1v) is 8.59. The van der Waals surface area contributed by atoms with Gasteiger partial charge in [-0.1, -0.05) is 42.1 Å². The Morgan fingerprint density at radius 3 is 2.57 bits per heavy atom. The number of hydrogen-bond acceptors (Lipinski definition) is 2. The quantitative estimate of drug-likeness (QED) is 0.578. The average Bonchev–Trinajstić information content (AvgIpc) is 3.08. The summed E-state index contributed by atoms with van der Waals surface area (Å²) in [5.74, 6) is 0.131. The van der Waals surface area contributed by atoms with Crippen molar-refractivity contribution < 1.29 is 4.79 Å². The van der Waals surface area contributed by atoms with Crippen molar-refractivity contribution in [2.75, 3.05) is 0 Å². The van der Waals surface area contributed by atoms with E-state index in [9.17, 15) is 4.79 Å². The largest absolute Gasteiger partial charge is 0.344 e. The zero-order valence-electron chi connectivity index (χ0n) is 13.1. The maximum atomic E-state index is 12.6. The van der Waals surface area contributed by atoms with Crippen LogP contribution < -0.4 is 0 Å². The summed E-state index contributed by atoms with van der Waals surface area (Å²) in [6.45, 7) is 4.35. The Hall–Kier alpha value is -2.26. The van der Waals surface area contributed by atoms with Crippen LogP contribution in [0.15, 0.2) is 64.5 Å². The molecule has 2 nitrogen and oxygen atoms in total. The number of fused-ring (bicyclic) bond motifs is 2. The first kappa shape index (κ1) is 14.3. The number of ketones is 1. The molecule has 0 N–H and O–H groups in total. The molecule has 3 heteroatoms. The van der Waals surface area contributed by atoms with Gasteiger partial charge in [0.25, 0.3) is 0 Å². The van der Waals surface area contributed by atoms with E-state index in [1.165, 1.54) is 10.9 Å². The third kappa shape index (κ3) is 2.32. The van der Waals surface area contributed by atoms with Gasteiger partial charge in [-0.15, -0.1) is 0 Å². The number of aromatic nitrogens is 1. The van der Waals surface area contributed by atoms with Crippen LogP contribution in [0.3, 0.4) is 0 Å². The number of benzene rings is 2. The molecule has 23 heavy (non-hydrogen) atoms. The Bertz CT molecular complexity index is 949. The predicted molar refractivity (Wildman–Crippen MR) is 96.9 cm³/mol. The number of carbonyl (C=O) groups excluding carboxylic acids is 1. The number of rotatable bonds is 2. The number of allylic oxidation sites excluding steroid dienone is 1. The highest BCUT2D eigenvalue weighted by atomic mass is 32.2. The van der Waals surface area contributed by atoms with Crippen molar-refractivity contribution in [1.82, 2.24) is 4.57 Å². The molecule has 3 aromatic rings. The lowest BCUT2D eigenvalue weighted by molar-refractivity contribution is 0.104. The van der Waals surface area contributed by atoms with Crippen molar-refractivity contribution in [3.63, 3.8) is 0 Å². The molecule has 0 amide bonds. The summed E-state index contributed by atoms with van der Waals surface area (Å²) in [5, 5.41) is 1.19. The fourth-order valence-corrected chi connectivity index (χ4v) is 4.09. The number of Topliss-reactive ketones (excluding diaryl/α,β-unsaturated/α-hetero) is 1. The Balaban J connectivity index is 1.84. The number of thioether (sulfide) groups is 1. The molecule has 0 saturated heterocycles. The normalized spacial score (nSPS) is 15.8. The average molecular weight is 319 g/mol. The standard InChI is InChI=1S/C20H17NOS/c1-13(2)21-12-14(15-7-3-5-9-17(15)21)11-19-20(22)16-8-4-6-10-18(16)23-19/h3-13H,1-2H3/b19-11-. The van der Waals surface area contributed by atoms with Crippen LogP contribution in [-0.4, -0.2) is 10.4 Å². The van der Waals surface area contributed by atoms with Gasteiger partial charge in [0.2, 0.25) is 5.78 Å². The Morgan fingerprint density at radius 2 is 1.78 bits per heavy atom. The van der Waals surface area contributed by atoms with Gasteiger partial charge in [0.15, 0.2) is 0 Å². The molecule has 1 aliphatic heterocycles. The lowest BCUT2D eigenvalue weighted by atomic mass is 10.1. The molecule has 2 aromatic carbocycles. The Kier molecular flexibility index (Phi) is 3.38. The van der Waals surface area contributed by atoms with Crippen LogP contribution in [0.5, 0.6) is 0 Å². The Labute approximate surface area is 139 Å². The first-order valence-electron chi connectivity index (χ1n) is 7.78. The number of hydrogen-bond donors (Lipinski definition) is 0. The maximum absolute atomic E-state index is 12.6. The van der Waals surface area contributed by atoms with Gasteiger partial charge in [0, 0.05) is 39.2 Å². The summed E-state index contributed by atoms with van der Waals surface area (Å²) < 4.78 is 2.26. The van der Waals surface area contributed by atoms with E-state index in [0.29, 0.717) is 6.04 Å². The first-order chi connectivity index (χ1) is 11.1. The fraction of sp³-hybridized carbons (Fsp3) is 0.150. The van der Waals surface area contributed by atoms with E-state index in [4.69, 9.17) is 0 Å². The fourth-order valence-electron chi connectivity index (χ4n) is 3.05. The number of nitrogens with zero attached hydrogens (tertiary/aromatic N) is 1. The van der Waals surface area contributed by atoms with Crippen LogP contribution in [0.1, 0.15) is 35.8 Å². The topological polar surface area (TPSA) is 22.0 Å². The Morgan fingerprint density at radius 1 is 1.04 bits per heavy atom. The van der Waals surface area contributed by atoms with Gasteiger partial charge in [0.1, 0.15) is 0 Å². The summed E-state index contributed by atoms with van der Waals surface area (Å²) in [6, 6.07) is 16.6. The van der Waals surface area contributed by atoms with E-state index in [0.717, 1.165) is 20.9 Å². The summed E-state index contributed by atoms with van der Waals surface area (Å²) in [7, 11) is 0. The van der Waals surface area contributed by atoms with Gasteiger partial charge in [-0.05, 0) is 38.1 Å². The molecule has 0 spiro atoms. The maximum Gasteiger partial charge on any atom is 0.200 e. The third-order valence-electron chi connectivity index (χ3n) is 4.19. The van der Waals surface area contributed by atoms with E-state index in [-0.39, 0.29) is 5.78 Å². The highest BCUT2D eigenvalue weighted by Gasteiger charge is 2.25. The van der Waals surface area contributed by atoms with Gasteiger partial charge in [-0.25, -0.2) is 0 Å². The van der Waals surface area contributed by atoms with Crippen LogP contribution in [-0.2, 0) is 0 Å². The highest BCUT2D eigenvalue weighted by Crippen LogP contribution is 2.41. The monoisotopic (exact) mass is 319 g/mol. The third-order valence-corrected chi connectivity index (χ3v) is 5.29. The van der Waals surface area contributed by atoms with E-state index < -0.39 is 0 Å². The number of para-hydroxylation sites is 1. The zero-order valence-corrected chi connectivity index (χ0v) is 13.9. The molecule has 0 fully saturated rings. The van der Waals surface area contributed by atoms with Crippen LogP contribution in [0.25, 0.3) is 17.0 Å². The van der Waals surface area contributed by atoms with Gasteiger partial charge >= 0.3 is 0 Å². The summed E-state index contributed by atoms with van der Waals surface area (Å²) in [6.07, 6.45) is 4.19. The number of carbonyl (C=O) groups is 1. The highest BCUT2D eigenvalue weighted by molar-refractivity contribution is 8.04. The van der Waals surface area contributed by atoms with E-state index in [1.54, 1.807) is 11.8 Å². The van der Waals surface area contributed by atoms with Crippen molar-refractivity contribution in [3.05, 3.63) is 70.8 Å². The molecule has 0 saturated carbocycles. The molecule has 1 aromatic heterocycles. The van der Waals surface area contributed by atoms with Crippen molar-refractivity contribution in [3.8, 4) is 0 Å². The minimum atomic E-state index is 0.131. The molecule has 0 radical (unpaired) electrons. The molecule has 1 aliphatic rings. The van der Waals surface area contributed by atoms with Gasteiger partial charge in [-0.2, -0.15) is 0 Å². The smallest absolute Gasteiger partial charge is 0.200 e. The summed E-state index contributed by atoms with van der Waals surface area (Å²) in [5.41, 5.74) is 3.14. The molecule has 114 valence electrons. The lowest BCUT2D eigenvalue weighted by Crippen LogP contribution is -1.97. The van der Waals surface area contributed by atoms with Crippen molar-refractivity contribution in [2.45, 2.75) is 24.8 Å². The van der Waals surface area contributed by atoms with Gasteiger partial charge < -0.3 is 4.57 Å². The lowest BCUT2D eigenvalue weighted by Gasteiger charge is -2.08. The minimum Gasteiger partial charge on any atom is -0.344 e. The van der Waals surface area contributed by atoms with Gasteiger partial charge in [-0.3, -0.25) is 4.79 Å². The molecule has 0 atom stereocenters. The second kappa shape index (κ2) is 5.43. The molecule has 0 bridgehead atoms.